The summed E-state index contributed by atoms with van der Waals surface area (Å²) in [6.45, 7) is 0. The standard InChI is InChI=1S/C22H15ClN4O3/c23-16-8-4-5-14(11-16)13-24-26-22(28)21-20(15-6-2-1-3-7-15)18-12-17(27(29)30)9-10-19(18)25-21/h1-13,25H,(H,26,28)/b24-13-. The van der Waals surface area contributed by atoms with Crippen molar-refractivity contribution in [2.75, 3.05) is 0 Å². The Balaban J connectivity index is 1.74. The Morgan fingerprint density at radius 3 is 2.60 bits per heavy atom. The van der Waals surface area contributed by atoms with Gasteiger partial charge in [-0.05, 0) is 29.3 Å². The van der Waals surface area contributed by atoms with Crippen LogP contribution in [0.25, 0.3) is 22.0 Å². The van der Waals surface area contributed by atoms with Crippen LogP contribution in [-0.4, -0.2) is 22.0 Å². The molecule has 2 N–H and O–H groups in total. The largest absolute Gasteiger partial charge is 0.350 e. The molecule has 0 unspecified atom stereocenters. The molecule has 148 valence electrons. The van der Waals surface area contributed by atoms with Gasteiger partial charge in [-0.3, -0.25) is 14.9 Å². The number of carbonyl (C=O) groups excluding carboxylic acids is 1. The monoisotopic (exact) mass is 418 g/mol. The predicted octanol–water partition coefficient (Wildman–Crippen LogP) is 5.16. The number of carbonyl (C=O) groups is 1. The number of nitro benzene ring substituents is 1. The average molecular weight is 419 g/mol. The van der Waals surface area contributed by atoms with E-state index in [0.29, 0.717) is 21.5 Å². The SMILES string of the molecule is O=C(N/N=C\c1cccc(Cl)c1)c1[nH]c2ccc([N+](=O)[O-])cc2c1-c1ccccc1. The average Bonchev–Trinajstić information content (AvgIpc) is 3.13. The van der Waals surface area contributed by atoms with Crippen LogP contribution in [0.5, 0.6) is 0 Å². The van der Waals surface area contributed by atoms with E-state index in [4.69, 9.17) is 11.6 Å². The Kier molecular flexibility index (Phi) is 5.28. The number of hydrogen-bond acceptors (Lipinski definition) is 4. The summed E-state index contributed by atoms with van der Waals surface area (Å²) >= 11 is 5.95. The second-order valence-electron chi connectivity index (χ2n) is 6.48. The van der Waals surface area contributed by atoms with Gasteiger partial charge in [-0.25, -0.2) is 5.43 Å². The van der Waals surface area contributed by atoms with Crippen LogP contribution in [0.2, 0.25) is 5.02 Å². The summed E-state index contributed by atoms with van der Waals surface area (Å²) in [6.07, 6.45) is 1.49. The van der Waals surface area contributed by atoms with Gasteiger partial charge in [0.2, 0.25) is 0 Å². The first-order chi connectivity index (χ1) is 14.5. The fraction of sp³-hybridized carbons (Fsp3) is 0. The molecule has 0 atom stereocenters. The van der Waals surface area contributed by atoms with E-state index in [2.05, 4.69) is 15.5 Å². The van der Waals surface area contributed by atoms with Gasteiger partial charge in [0.15, 0.2) is 0 Å². The van der Waals surface area contributed by atoms with E-state index >= 15 is 0 Å². The zero-order chi connectivity index (χ0) is 21.1. The lowest BCUT2D eigenvalue weighted by Crippen LogP contribution is -2.18. The maximum atomic E-state index is 12.9. The molecule has 8 heteroatoms. The number of hydrazone groups is 1. The van der Waals surface area contributed by atoms with Gasteiger partial charge in [0.05, 0.1) is 11.1 Å². The predicted molar refractivity (Wildman–Crippen MR) is 117 cm³/mol. The molecule has 0 aliphatic heterocycles. The molecule has 3 aromatic carbocycles. The second kappa shape index (κ2) is 8.18. The van der Waals surface area contributed by atoms with Gasteiger partial charge in [-0.1, -0.05) is 54.1 Å². The van der Waals surface area contributed by atoms with Gasteiger partial charge < -0.3 is 4.98 Å². The lowest BCUT2D eigenvalue weighted by molar-refractivity contribution is -0.384. The minimum Gasteiger partial charge on any atom is -0.350 e. The van der Waals surface area contributed by atoms with E-state index in [1.165, 1.54) is 18.3 Å². The van der Waals surface area contributed by atoms with Crippen molar-refractivity contribution < 1.29 is 9.72 Å². The number of amides is 1. The highest BCUT2D eigenvalue weighted by Crippen LogP contribution is 2.34. The molecule has 0 aliphatic carbocycles. The highest BCUT2D eigenvalue weighted by Gasteiger charge is 2.21. The van der Waals surface area contributed by atoms with Crippen LogP contribution in [0.3, 0.4) is 0 Å². The third kappa shape index (κ3) is 3.92. The molecule has 1 heterocycles. The van der Waals surface area contributed by atoms with Gasteiger partial charge in [0.1, 0.15) is 5.69 Å². The molecular weight excluding hydrogens is 404 g/mol. The summed E-state index contributed by atoms with van der Waals surface area (Å²) in [6, 6.07) is 20.7. The quantitative estimate of drug-likeness (QED) is 0.266. The van der Waals surface area contributed by atoms with Gasteiger partial charge in [-0.15, -0.1) is 0 Å². The van der Waals surface area contributed by atoms with Crippen LogP contribution in [-0.2, 0) is 0 Å². The summed E-state index contributed by atoms with van der Waals surface area (Å²) < 4.78 is 0. The van der Waals surface area contributed by atoms with Crippen LogP contribution in [0.1, 0.15) is 16.1 Å². The molecule has 4 aromatic rings. The minimum atomic E-state index is -0.467. The molecule has 0 fully saturated rings. The van der Waals surface area contributed by atoms with Crippen molar-refractivity contribution in [2.24, 2.45) is 5.10 Å². The molecule has 4 rings (SSSR count). The number of benzene rings is 3. The normalized spacial score (nSPS) is 11.1. The van der Waals surface area contributed by atoms with Crippen molar-refractivity contribution in [3.63, 3.8) is 0 Å². The molecule has 0 bridgehead atoms. The number of aromatic nitrogens is 1. The van der Waals surface area contributed by atoms with Gasteiger partial charge in [0.25, 0.3) is 11.6 Å². The molecule has 1 aromatic heterocycles. The lowest BCUT2D eigenvalue weighted by Gasteiger charge is -2.04. The molecule has 1 amide bonds. The first-order valence-corrected chi connectivity index (χ1v) is 9.35. The Bertz CT molecular complexity index is 1280. The molecule has 0 spiro atoms. The van der Waals surface area contributed by atoms with E-state index in [1.54, 1.807) is 30.3 Å². The fourth-order valence-electron chi connectivity index (χ4n) is 3.18. The van der Waals surface area contributed by atoms with Crippen molar-refractivity contribution in [1.82, 2.24) is 10.4 Å². The summed E-state index contributed by atoms with van der Waals surface area (Å²) in [4.78, 5) is 26.7. The van der Waals surface area contributed by atoms with E-state index in [1.807, 2.05) is 30.3 Å². The lowest BCUT2D eigenvalue weighted by atomic mass is 10.0. The Morgan fingerprint density at radius 1 is 1.07 bits per heavy atom. The Hall–Kier alpha value is -3.97. The van der Waals surface area contributed by atoms with Crippen molar-refractivity contribution in [2.45, 2.75) is 0 Å². The number of aromatic amines is 1. The third-order valence-corrected chi connectivity index (χ3v) is 4.75. The molecular formula is C22H15ClN4O3. The molecule has 0 radical (unpaired) electrons. The zero-order valence-corrected chi connectivity index (χ0v) is 16.3. The smallest absolute Gasteiger partial charge is 0.288 e. The van der Waals surface area contributed by atoms with Crippen molar-refractivity contribution in [3.05, 3.63) is 99.2 Å². The summed E-state index contributed by atoms with van der Waals surface area (Å²) in [5, 5.41) is 16.4. The van der Waals surface area contributed by atoms with E-state index in [-0.39, 0.29) is 11.4 Å². The number of fused-ring (bicyclic) bond motifs is 1. The van der Waals surface area contributed by atoms with Crippen LogP contribution in [0.4, 0.5) is 5.69 Å². The number of hydrogen-bond donors (Lipinski definition) is 2. The van der Waals surface area contributed by atoms with Crippen molar-refractivity contribution in [1.29, 1.82) is 0 Å². The first kappa shape index (κ1) is 19.4. The van der Waals surface area contributed by atoms with Crippen molar-refractivity contribution in [3.8, 4) is 11.1 Å². The summed E-state index contributed by atoms with van der Waals surface area (Å²) in [5.41, 5.74) is 5.39. The molecule has 30 heavy (non-hydrogen) atoms. The van der Waals surface area contributed by atoms with Crippen LogP contribution < -0.4 is 5.43 Å². The number of nitrogens with one attached hydrogen (secondary N) is 2. The summed E-state index contributed by atoms with van der Waals surface area (Å²) in [7, 11) is 0. The van der Waals surface area contributed by atoms with Crippen LogP contribution in [0, 0.1) is 10.1 Å². The first-order valence-electron chi connectivity index (χ1n) is 8.97. The minimum absolute atomic E-state index is 0.0513. The number of rotatable bonds is 5. The highest BCUT2D eigenvalue weighted by atomic mass is 35.5. The van der Waals surface area contributed by atoms with Gasteiger partial charge >= 0.3 is 0 Å². The number of H-pyrrole nitrogens is 1. The molecule has 0 aliphatic rings. The van der Waals surface area contributed by atoms with Gasteiger partial charge in [-0.2, -0.15) is 5.10 Å². The summed E-state index contributed by atoms with van der Waals surface area (Å²) in [5.74, 6) is -0.467. The molecule has 0 saturated carbocycles. The van der Waals surface area contributed by atoms with E-state index in [0.717, 1.165) is 11.1 Å². The Labute approximate surface area is 176 Å². The van der Waals surface area contributed by atoms with Crippen molar-refractivity contribution >= 4 is 40.3 Å². The molecule has 7 nitrogen and oxygen atoms in total. The third-order valence-electron chi connectivity index (χ3n) is 4.51. The number of nitro groups is 1. The highest BCUT2D eigenvalue weighted by molar-refractivity contribution is 6.30. The number of nitrogens with zero attached hydrogens (tertiary/aromatic N) is 2. The number of halogens is 1. The van der Waals surface area contributed by atoms with Gasteiger partial charge in [0, 0.05) is 33.6 Å². The van der Waals surface area contributed by atoms with Crippen LogP contribution in [0.15, 0.2) is 77.9 Å². The topological polar surface area (TPSA) is 100 Å². The zero-order valence-electron chi connectivity index (χ0n) is 15.5. The number of non-ortho nitro benzene ring substituents is 1. The maximum absolute atomic E-state index is 12.9. The molecule has 0 saturated heterocycles. The Morgan fingerprint density at radius 2 is 1.87 bits per heavy atom. The van der Waals surface area contributed by atoms with E-state index < -0.39 is 10.8 Å². The van der Waals surface area contributed by atoms with E-state index in [9.17, 15) is 14.9 Å². The maximum Gasteiger partial charge on any atom is 0.288 e. The fourth-order valence-corrected chi connectivity index (χ4v) is 3.38. The second-order valence-corrected chi connectivity index (χ2v) is 6.92. The van der Waals surface area contributed by atoms with Crippen LogP contribution >= 0.6 is 11.6 Å².